The van der Waals surface area contributed by atoms with Gasteiger partial charge < -0.3 is 19.5 Å². The summed E-state index contributed by atoms with van der Waals surface area (Å²) in [5.41, 5.74) is 1.95. The molecule has 27 heavy (non-hydrogen) atoms. The summed E-state index contributed by atoms with van der Waals surface area (Å²) >= 11 is 0. The van der Waals surface area contributed by atoms with Gasteiger partial charge in [-0.2, -0.15) is 0 Å². The molecule has 0 unspecified atom stereocenters. The Morgan fingerprint density at radius 3 is 2.63 bits per heavy atom. The number of rotatable bonds is 9. The van der Waals surface area contributed by atoms with Gasteiger partial charge >= 0.3 is 0 Å². The number of nitrogens with zero attached hydrogens (tertiary/aromatic N) is 1. The summed E-state index contributed by atoms with van der Waals surface area (Å²) in [5, 5.41) is 3.48. The number of methoxy groups -OCH3 is 1. The van der Waals surface area contributed by atoms with Crippen LogP contribution in [0.1, 0.15) is 11.1 Å². The highest BCUT2D eigenvalue weighted by molar-refractivity contribution is 5.46. The summed E-state index contributed by atoms with van der Waals surface area (Å²) in [7, 11) is 1.63. The predicted octanol–water partition coefficient (Wildman–Crippen LogP) is 2.84. The van der Waals surface area contributed by atoms with Gasteiger partial charge in [-0.05, 0) is 23.8 Å². The van der Waals surface area contributed by atoms with E-state index < -0.39 is 0 Å². The molecule has 6 heteroatoms. The molecule has 0 spiro atoms. The van der Waals surface area contributed by atoms with Crippen LogP contribution in [-0.2, 0) is 17.9 Å². The first-order valence-electron chi connectivity index (χ1n) is 9.30. The number of hydrogen-bond acceptors (Lipinski definition) is 5. The van der Waals surface area contributed by atoms with Gasteiger partial charge in [-0.25, -0.2) is 4.39 Å². The maximum atomic E-state index is 13.1. The molecule has 3 rings (SSSR count). The summed E-state index contributed by atoms with van der Waals surface area (Å²) in [5.74, 6) is 1.17. The predicted molar refractivity (Wildman–Crippen MR) is 103 cm³/mol. The molecule has 1 heterocycles. The summed E-state index contributed by atoms with van der Waals surface area (Å²) in [4.78, 5) is 2.40. The monoisotopic (exact) mass is 374 g/mol. The number of halogens is 1. The average molecular weight is 374 g/mol. The fraction of sp³-hybridized carbons (Fsp3) is 0.429. The van der Waals surface area contributed by atoms with Gasteiger partial charge in [-0.3, -0.25) is 4.90 Å². The zero-order valence-corrected chi connectivity index (χ0v) is 15.7. The molecule has 0 atom stereocenters. The Bertz CT molecular complexity index is 703. The van der Waals surface area contributed by atoms with Crippen LogP contribution in [-0.4, -0.2) is 51.4 Å². The molecular formula is C21H27FN2O3. The molecule has 1 saturated heterocycles. The second kappa shape index (κ2) is 10.3. The smallest absolute Gasteiger partial charge is 0.166 e. The molecular weight excluding hydrogens is 347 g/mol. The van der Waals surface area contributed by atoms with Crippen LogP contribution in [0.3, 0.4) is 0 Å². The van der Waals surface area contributed by atoms with Gasteiger partial charge in [-0.15, -0.1) is 0 Å². The molecule has 1 fully saturated rings. The largest absolute Gasteiger partial charge is 0.493 e. The van der Waals surface area contributed by atoms with Crippen molar-refractivity contribution in [2.45, 2.75) is 13.2 Å². The van der Waals surface area contributed by atoms with Gasteiger partial charge in [0.15, 0.2) is 11.5 Å². The number of nitrogens with one attached hydrogen (secondary N) is 1. The van der Waals surface area contributed by atoms with Gasteiger partial charge in [0.05, 0.1) is 20.3 Å². The molecule has 0 radical (unpaired) electrons. The van der Waals surface area contributed by atoms with Crippen LogP contribution in [0.25, 0.3) is 0 Å². The molecule has 1 aliphatic rings. The number of para-hydroxylation sites is 1. The number of morpholine rings is 1. The van der Waals surface area contributed by atoms with E-state index in [2.05, 4.69) is 10.2 Å². The van der Waals surface area contributed by atoms with E-state index in [0.717, 1.165) is 56.3 Å². The molecule has 1 aliphatic heterocycles. The Balaban J connectivity index is 1.56. The van der Waals surface area contributed by atoms with Gasteiger partial charge in [0.2, 0.25) is 0 Å². The Hall–Kier alpha value is -2.15. The van der Waals surface area contributed by atoms with E-state index in [1.807, 2.05) is 18.2 Å². The Morgan fingerprint density at radius 2 is 1.89 bits per heavy atom. The SMILES string of the molecule is COc1cccc(CNCCN2CCOCC2)c1OCc1ccc(F)cc1. The minimum Gasteiger partial charge on any atom is -0.493 e. The molecule has 0 aliphatic carbocycles. The lowest BCUT2D eigenvalue weighted by Gasteiger charge is -2.26. The lowest BCUT2D eigenvalue weighted by Crippen LogP contribution is -2.40. The Morgan fingerprint density at radius 1 is 1.11 bits per heavy atom. The van der Waals surface area contributed by atoms with Crippen LogP contribution in [0.2, 0.25) is 0 Å². The van der Waals surface area contributed by atoms with Crippen molar-refractivity contribution in [1.82, 2.24) is 10.2 Å². The minimum atomic E-state index is -0.249. The first-order valence-corrected chi connectivity index (χ1v) is 9.30. The molecule has 0 saturated carbocycles. The van der Waals surface area contributed by atoms with Crippen molar-refractivity contribution in [3.8, 4) is 11.5 Å². The van der Waals surface area contributed by atoms with Gasteiger partial charge in [0.25, 0.3) is 0 Å². The maximum absolute atomic E-state index is 13.1. The lowest BCUT2D eigenvalue weighted by atomic mass is 10.1. The number of benzene rings is 2. The summed E-state index contributed by atoms with van der Waals surface area (Å²) in [6, 6.07) is 12.2. The summed E-state index contributed by atoms with van der Waals surface area (Å²) in [6.45, 7) is 6.57. The molecule has 0 bridgehead atoms. The minimum absolute atomic E-state index is 0.249. The zero-order chi connectivity index (χ0) is 18.9. The fourth-order valence-electron chi connectivity index (χ4n) is 3.05. The normalized spacial score (nSPS) is 14.9. The molecule has 1 N–H and O–H groups in total. The van der Waals surface area contributed by atoms with E-state index in [4.69, 9.17) is 14.2 Å². The highest BCUT2D eigenvalue weighted by atomic mass is 19.1. The van der Waals surface area contributed by atoms with E-state index in [0.29, 0.717) is 18.9 Å². The van der Waals surface area contributed by atoms with Crippen molar-refractivity contribution in [3.63, 3.8) is 0 Å². The fourth-order valence-corrected chi connectivity index (χ4v) is 3.05. The van der Waals surface area contributed by atoms with Crippen LogP contribution in [0.15, 0.2) is 42.5 Å². The average Bonchev–Trinajstić information content (AvgIpc) is 2.72. The molecule has 0 aromatic heterocycles. The molecule has 2 aromatic carbocycles. The van der Waals surface area contributed by atoms with E-state index >= 15 is 0 Å². The van der Waals surface area contributed by atoms with Crippen LogP contribution in [0, 0.1) is 5.82 Å². The molecule has 0 amide bonds. The second-order valence-corrected chi connectivity index (χ2v) is 6.49. The third-order valence-corrected chi connectivity index (χ3v) is 4.60. The first kappa shape index (κ1) is 19.6. The molecule has 2 aromatic rings. The summed E-state index contributed by atoms with van der Waals surface area (Å²) in [6.07, 6.45) is 0. The van der Waals surface area contributed by atoms with E-state index in [1.165, 1.54) is 12.1 Å². The maximum Gasteiger partial charge on any atom is 0.166 e. The van der Waals surface area contributed by atoms with Crippen molar-refractivity contribution in [2.75, 3.05) is 46.5 Å². The highest BCUT2D eigenvalue weighted by Crippen LogP contribution is 2.31. The van der Waals surface area contributed by atoms with Crippen LogP contribution >= 0.6 is 0 Å². The van der Waals surface area contributed by atoms with Gasteiger partial charge in [-0.1, -0.05) is 24.3 Å². The van der Waals surface area contributed by atoms with Crippen molar-refractivity contribution in [2.24, 2.45) is 0 Å². The standard InChI is InChI=1S/C21H27FN2O3/c1-25-20-4-2-3-18(15-23-9-10-24-11-13-26-14-12-24)21(20)27-16-17-5-7-19(22)8-6-17/h2-8,23H,9-16H2,1H3. The third kappa shape index (κ3) is 5.92. The zero-order valence-electron chi connectivity index (χ0n) is 15.7. The summed E-state index contributed by atoms with van der Waals surface area (Å²) < 4.78 is 29.9. The highest BCUT2D eigenvalue weighted by Gasteiger charge is 2.12. The topological polar surface area (TPSA) is 43.0 Å². The van der Waals surface area contributed by atoms with Gasteiger partial charge in [0.1, 0.15) is 12.4 Å². The second-order valence-electron chi connectivity index (χ2n) is 6.49. The van der Waals surface area contributed by atoms with Gasteiger partial charge in [0, 0.05) is 38.3 Å². The third-order valence-electron chi connectivity index (χ3n) is 4.60. The molecule has 5 nitrogen and oxygen atoms in total. The van der Waals surface area contributed by atoms with Crippen LogP contribution < -0.4 is 14.8 Å². The Kier molecular flexibility index (Phi) is 7.45. The van der Waals surface area contributed by atoms with E-state index in [1.54, 1.807) is 19.2 Å². The van der Waals surface area contributed by atoms with E-state index in [9.17, 15) is 4.39 Å². The van der Waals surface area contributed by atoms with Crippen LogP contribution in [0.5, 0.6) is 11.5 Å². The Labute approximate surface area is 160 Å². The van der Waals surface area contributed by atoms with Crippen LogP contribution in [0.4, 0.5) is 4.39 Å². The van der Waals surface area contributed by atoms with Crippen molar-refractivity contribution >= 4 is 0 Å². The van der Waals surface area contributed by atoms with Crippen molar-refractivity contribution in [1.29, 1.82) is 0 Å². The van der Waals surface area contributed by atoms with Crippen molar-refractivity contribution < 1.29 is 18.6 Å². The number of ether oxygens (including phenoxy) is 3. The molecule has 146 valence electrons. The first-order chi connectivity index (χ1) is 13.3. The van der Waals surface area contributed by atoms with E-state index in [-0.39, 0.29) is 5.82 Å². The lowest BCUT2D eigenvalue weighted by molar-refractivity contribution is 0.0384. The number of hydrogen-bond donors (Lipinski definition) is 1. The quantitative estimate of drug-likeness (QED) is 0.684. The van der Waals surface area contributed by atoms with Crippen molar-refractivity contribution in [3.05, 3.63) is 59.4 Å².